The lowest BCUT2D eigenvalue weighted by atomic mass is 10.1. The zero-order valence-corrected chi connectivity index (χ0v) is 18.9. The number of carbonyl (C=O) groups excluding carboxylic acids is 2. The van der Waals surface area contributed by atoms with E-state index in [1.54, 1.807) is 0 Å². The molecule has 1 fully saturated rings. The van der Waals surface area contributed by atoms with Crippen LogP contribution < -0.4 is 0 Å². The van der Waals surface area contributed by atoms with E-state index in [0.717, 1.165) is 41.2 Å². The number of para-hydroxylation sites is 1. The van der Waals surface area contributed by atoms with Crippen LogP contribution in [0.15, 0.2) is 77.8 Å². The van der Waals surface area contributed by atoms with Gasteiger partial charge in [0, 0.05) is 35.2 Å². The molecule has 0 N–H and O–H groups in total. The first-order chi connectivity index (χ1) is 15.5. The average Bonchev–Trinajstić information content (AvgIpc) is 3.29. The van der Waals surface area contributed by atoms with Crippen molar-refractivity contribution >= 4 is 50.7 Å². The molecule has 2 amide bonds. The van der Waals surface area contributed by atoms with Gasteiger partial charge in [0.1, 0.15) is 0 Å². The zero-order valence-electron chi connectivity index (χ0n) is 18.1. The van der Waals surface area contributed by atoms with Crippen LogP contribution >= 0.6 is 11.8 Å². The van der Waals surface area contributed by atoms with E-state index in [1.165, 1.54) is 21.2 Å². The van der Waals surface area contributed by atoms with Gasteiger partial charge in [0.05, 0.1) is 4.91 Å². The Balaban J connectivity index is 1.52. The maximum absolute atomic E-state index is 12.9. The second-order valence-electron chi connectivity index (χ2n) is 8.22. The van der Waals surface area contributed by atoms with E-state index >= 15 is 0 Å². The van der Waals surface area contributed by atoms with Gasteiger partial charge in [0.15, 0.2) is 0 Å². The number of nitrogens with zero attached hydrogens (tertiary/aromatic N) is 2. The minimum atomic E-state index is -0.194. The Morgan fingerprint density at radius 2 is 1.72 bits per heavy atom. The number of benzene rings is 3. The number of hydrogen-bond donors (Lipinski definition) is 0. The van der Waals surface area contributed by atoms with Gasteiger partial charge in [-0.1, -0.05) is 61.5 Å². The summed E-state index contributed by atoms with van der Waals surface area (Å²) in [5.74, 6) is -0.194. The molecule has 0 unspecified atom stereocenters. The van der Waals surface area contributed by atoms with Crippen molar-refractivity contribution < 1.29 is 9.59 Å². The van der Waals surface area contributed by atoms with E-state index in [4.69, 9.17) is 0 Å². The molecule has 4 nitrogen and oxygen atoms in total. The summed E-state index contributed by atoms with van der Waals surface area (Å²) in [7, 11) is 0. The third kappa shape index (κ3) is 3.63. The van der Waals surface area contributed by atoms with Gasteiger partial charge in [-0.15, -0.1) is 0 Å². The molecule has 0 spiro atoms. The monoisotopic (exact) mass is 440 g/mol. The molecule has 0 saturated carbocycles. The first-order valence-electron chi connectivity index (χ1n) is 10.9. The number of amides is 2. The lowest BCUT2D eigenvalue weighted by Crippen LogP contribution is -2.36. The largest absolute Gasteiger partial charge is 0.342 e. The maximum Gasteiger partial charge on any atom is 0.293 e. The van der Waals surface area contributed by atoms with Crippen LogP contribution in [0.3, 0.4) is 0 Å². The van der Waals surface area contributed by atoms with Gasteiger partial charge in [-0.05, 0) is 59.7 Å². The first kappa shape index (κ1) is 20.6. The molecule has 32 heavy (non-hydrogen) atoms. The molecule has 2 heterocycles. The lowest BCUT2D eigenvalue weighted by Gasteiger charge is -2.19. The summed E-state index contributed by atoms with van der Waals surface area (Å²) >= 11 is 1.03. The minimum absolute atomic E-state index is 0.0948. The predicted octanol–water partition coefficient (Wildman–Crippen LogP) is 6.68. The van der Waals surface area contributed by atoms with Crippen molar-refractivity contribution in [3.05, 3.63) is 89.0 Å². The van der Waals surface area contributed by atoms with Gasteiger partial charge in [-0.2, -0.15) is 0 Å². The SMILES string of the molecule is CC[C@@H](C)N1C(=O)S/C(=C/c2cn(Cc3ccc4ccccc4c3)c3ccccc23)C1=O. The van der Waals surface area contributed by atoms with Crippen LogP contribution in [0.1, 0.15) is 31.4 Å². The van der Waals surface area contributed by atoms with Crippen molar-refractivity contribution in [2.24, 2.45) is 0 Å². The highest BCUT2D eigenvalue weighted by Gasteiger charge is 2.37. The van der Waals surface area contributed by atoms with E-state index < -0.39 is 0 Å². The summed E-state index contributed by atoms with van der Waals surface area (Å²) in [4.78, 5) is 27.2. The van der Waals surface area contributed by atoms with Gasteiger partial charge in [0.25, 0.3) is 11.1 Å². The van der Waals surface area contributed by atoms with Gasteiger partial charge < -0.3 is 4.57 Å². The molecule has 5 heteroatoms. The fraction of sp³-hybridized carbons (Fsp3) is 0.185. The van der Waals surface area contributed by atoms with Gasteiger partial charge in [-0.25, -0.2) is 0 Å². The molecule has 160 valence electrons. The van der Waals surface area contributed by atoms with Crippen LogP contribution in [-0.4, -0.2) is 26.7 Å². The second-order valence-corrected chi connectivity index (χ2v) is 9.21. The summed E-state index contributed by atoms with van der Waals surface area (Å²) in [5.41, 5.74) is 3.28. The van der Waals surface area contributed by atoms with Crippen molar-refractivity contribution in [1.29, 1.82) is 0 Å². The van der Waals surface area contributed by atoms with Crippen LogP contribution in [0.2, 0.25) is 0 Å². The van der Waals surface area contributed by atoms with Gasteiger partial charge >= 0.3 is 0 Å². The molecule has 0 aliphatic carbocycles. The minimum Gasteiger partial charge on any atom is -0.342 e. The van der Waals surface area contributed by atoms with Gasteiger partial charge in [-0.3, -0.25) is 14.5 Å². The molecule has 1 aliphatic heterocycles. The van der Waals surface area contributed by atoms with Crippen LogP contribution in [0.25, 0.3) is 27.8 Å². The maximum atomic E-state index is 12.9. The number of aromatic nitrogens is 1. The molecule has 1 aromatic heterocycles. The highest BCUT2D eigenvalue weighted by Crippen LogP contribution is 2.35. The number of fused-ring (bicyclic) bond motifs is 2. The van der Waals surface area contributed by atoms with Crippen LogP contribution in [-0.2, 0) is 11.3 Å². The Labute approximate surface area is 191 Å². The summed E-state index contributed by atoms with van der Waals surface area (Å²) in [5, 5.41) is 3.34. The van der Waals surface area contributed by atoms with E-state index in [1.807, 2.05) is 32.1 Å². The molecular formula is C27H24N2O2S. The Kier molecular flexibility index (Phi) is 5.35. The van der Waals surface area contributed by atoms with Crippen LogP contribution in [0.5, 0.6) is 0 Å². The summed E-state index contributed by atoms with van der Waals surface area (Å²) in [6.45, 7) is 4.63. The summed E-state index contributed by atoms with van der Waals surface area (Å²) in [6.07, 6.45) is 4.69. The normalized spacial score (nSPS) is 16.6. The highest BCUT2D eigenvalue weighted by atomic mass is 32.2. The summed E-state index contributed by atoms with van der Waals surface area (Å²) < 4.78 is 2.21. The smallest absolute Gasteiger partial charge is 0.293 e. The Bertz CT molecular complexity index is 1380. The molecule has 3 aromatic carbocycles. The fourth-order valence-corrected chi connectivity index (χ4v) is 5.16. The van der Waals surface area contributed by atoms with Crippen molar-refractivity contribution in [2.45, 2.75) is 32.9 Å². The zero-order chi connectivity index (χ0) is 22.2. The number of carbonyl (C=O) groups is 2. The standard InChI is InChI=1S/C27H24N2O2S/c1-3-18(2)29-26(30)25(32-27(29)31)15-22-17-28(24-11-7-6-10-23(22)24)16-19-12-13-20-8-4-5-9-21(20)14-19/h4-15,17-18H,3,16H2,1-2H3/b25-15+/t18-/m1/s1. The predicted molar refractivity (Wildman–Crippen MR) is 133 cm³/mol. The molecule has 0 radical (unpaired) electrons. The molecule has 5 rings (SSSR count). The first-order valence-corrected chi connectivity index (χ1v) is 11.7. The molecular weight excluding hydrogens is 416 g/mol. The van der Waals surface area contributed by atoms with Gasteiger partial charge in [0.2, 0.25) is 0 Å². The molecule has 4 aromatic rings. The highest BCUT2D eigenvalue weighted by molar-refractivity contribution is 8.18. The summed E-state index contributed by atoms with van der Waals surface area (Å²) in [6, 6.07) is 23.0. The molecule has 1 atom stereocenters. The number of imide groups is 1. The Hall–Kier alpha value is -3.31. The third-order valence-corrected chi connectivity index (χ3v) is 7.01. The Morgan fingerprint density at radius 1 is 0.969 bits per heavy atom. The number of rotatable bonds is 5. The fourth-order valence-electron chi connectivity index (χ4n) is 4.24. The average molecular weight is 441 g/mol. The molecule has 1 aliphatic rings. The lowest BCUT2D eigenvalue weighted by molar-refractivity contribution is -0.124. The Morgan fingerprint density at radius 3 is 2.53 bits per heavy atom. The van der Waals surface area contributed by atoms with Crippen molar-refractivity contribution in [1.82, 2.24) is 9.47 Å². The van der Waals surface area contributed by atoms with Crippen molar-refractivity contribution in [2.75, 3.05) is 0 Å². The van der Waals surface area contributed by atoms with E-state index in [2.05, 4.69) is 65.4 Å². The van der Waals surface area contributed by atoms with E-state index in [-0.39, 0.29) is 17.2 Å². The van der Waals surface area contributed by atoms with E-state index in [9.17, 15) is 9.59 Å². The number of thioether (sulfide) groups is 1. The van der Waals surface area contributed by atoms with E-state index in [0.29, 0.717) is 4.91 Å². The quantitative estimate of drug-likeness (QED) is 0.325. The van der Waals surface area contributed by atoms with Crippen molar-refractivity contribution in [3.8, 4) is 0 Å². The van der Waals surface area contributed by atoms with Crippen LogP contribution in [0.4, 0.5) is 4.79 Å². The molecule has 0 bridgehead atoms. The second kappa shape index (κ2) is 8.32. The number of hydrogen-bond acceptors (Lipinski definition) is 3. The topological polar surface area (TPSA) is 42.3 Å². The third-order valence-electron chi connectivity index (χ3n) is 6.13. The molecule has 1 saturated heterocycles. The van der Waals surface area contributed by atoms with Crippen molar-refractivity contribution in [3.63, 3.8) is 0 Å². The van der Waals surface area contributed by atoms with Crippen LogP contribution in [0, 0.1) is 0 Å².